The number of rotatable bonds is 5. The summed E-state index contributed by atoms with van der Waals surface area (Å²) >= 11 is 0. The average molecular weight is 533 g/mol. The molecule has 0 bridgehead atoms. The molecule has 0 aromatic heterocycles. The second-order valence-corrected chi connectivity index (χ2v) is 10.2. The van der Waals surface area contributed by atoms with E-state index in [1.54, 1.807) is 19.1 Å². The van der Waals surface area contributed by atoms with Crippen LogP contribution in [0.2, 0.25) is 0 Å². The largest absolute Gasteiger partial charge is 0.416 e. The second-order valence-electron chi connectivity index (χ2n) is 10.2. The van der Waals surface area contributed by atoms with Gasteiger partial charge in [0.05, 0.1) is 28.9 Å². The van der Waals surface area contributed by atoms with Crippen molar-refractivity contribution in [2.75, 3.05) is 0 Å². The molecule has 6 atom stereocenters. The molecule has 2 aliphatic rings. The maximum atomic E-state index is 13.6. The maximum absolute atomic E-state index is 13.6. The van der Waals surface area contributed by atoms with Crippen molar-refractivity contribution in [2.45, 2.75) is 75.2 Å². The summed E-state index contributed by atoms with van der Waals surface area (Å²) in [6.45, 7) is 3.02. The standard InChI is InChI=1S/C26H27F7N2O2/c1-13(15-9-16(25(28,29)30)11-17(10-15)26(31,32)33)37-21-8-7-19(20-12-24(2,34)23(36)35-20)22(21)14-3-5-18(27)6-4-14/h3-6,9-11,13,19-22H,7-8,12,34H2,1-2H3,(H,35,36)/t13-,19+,20-,21?,22+,24-/m1/s1. The van der Waals surface area contributed by atoms with Crippen LogP contribution >= 0.6 is 0 Å². The molecule has 1 amide bonds. The first-order valence-corrected chi connectivity index (χ1v) is 11.9. The van der Waals surface area contributed by atoms with E-state index in [1.165, 1.54) is 19.1 Å². The van der Waals surface area contributed by atoms with Crippen LogP contribution in [0, 0.1) is 11.7 Å². The Morgan fingerprint density at radius 2 is 1.57 bits per heavy atom. The van der Waals surface area contributed by atoms with E-state index < -0.39 is 53.0 Å². The van der Waals surface area contributed by atoms with Gasteiger partial charge in [0.25, 0.3) is 0 Å². The van der Waals surface area contributed by atoms with Crippen LogP contribution in [-0.2, 0) is 21.9 Å². The maximum Gasteiger partial charge on any atom is 0.416 e. The zero-order valence-corrected chi connectivity index (χ0v) is 20.1. The first-order valence-electron chi connectivity index (χ1n) is 11.9. The zero-order chi connectivity index (χ0) is 27.3. The number of carbonyl (C=O) groups excluding carboxylic acids is 1. The number of alkyl halides is 6. The SMILES string of the molecule is C[C@@H](OC1CC[C@@H]([C@H]2C[C@@](C)(N)C(=O)N2)[C@@H]1c1ccc(F)cc1)c1cc(C(F)(F)F)cc(C(F)(F)F)c1. The third-order valence-corrected chi connectivity index (χ3v) is 7.36. The van der Waals surface area contributed by atoms with Gasteiger partial charge < -0.3 is 15.8 Å². The Morgan fingerprint density at radius 3 is 2.05 bits per heavy atom. The highest BCUT2D eigenvalue weighted by molar-refractivity contribution is 5.88. The molecule has 2 fully saturated rings. The normalized spacial score (nSPS) is 29.4. The molecular weight excluding hydrogens is 505 g/mol. The smallest absolute Gasteiger partial charge is 0.370 e. The number of halogens is 7. The Labute approximate surface area is 209 Å². The molecular formula is C26H27F7N2O2. The summed E-state index contributed by atoms with van der Waals surface area (Å²) in [5.41, 5.74) is 2.63. The van der Waals surface area contributed by atoms with Gasteiger partial charge in [-0.3, -0.25) is 4.79 Å². The van der Waals surface area contributed by atoms with Gasteiger partial charge in [0.2, 0.25) is 5.91 Å². The highest BCUT2D eigenvalue weighted by Gasteiger charge is 2.49. The summed E-state index contributed by atoms with van der Waals surface area (Å²) in [5.74, 6) is -1.34. The average Bonchev–Trinajstić information content (AvgIpc) is 3.32. The topological polar surface area (TPSA) is 64.3 Å². The van der Waals surface area contributed by atoms with Crippen molar-refractivity contribution in [1.82, 2.24) is 5.32 Å². The van der Waals surface area contributed by atoms with Gasteiger partial charge in [0.1, 0.15) is 5.82 Å². The molecule has 11 heteroatoms. The second kappa shape index (κ2) is 9.58. The molecule has 3 N–H and O–H groups in total. The van der Waals surface area contributed by atoms with Gasteiger partial charge in [-0.05, 0) is 80.5 Å². The van der Waals surface area contributed by atoms with Crippen LogP contribution in [0.3, 0.4) is 0 Å². The van der Waals surface area contributed by atoms with Gasteiger partial charge in [-0.25, -0.2) is 4.39 Å². The Hall–Kier alpha value is -2.66. The molecule has 1 unspecified atom stereocenters. The van der Waals surface area contributed by atoms with E-state index in [0.717, 1.165) is 0 Å². The number of hydrogen-bond donors (Lipinski definition) is 2. The van der Waals surface area contributed by atoms with E-state index in [-0.39, 0.29) is 29.5 Å². The van der Waals surface area contributed by atoms with Crippen molar-refractivity contribution in [3.63, 3.8) is 0 Å². The van der Waals surface area contributed by atoms with Crippen LogP contribution in [0.15, 0.2) is 42.5 Å². The van der Waals surface area contributed by atoms with Crippen molar-refractivity contribution in [3.05, 3.63) is 70.5 Å². The van der Waals surface area contributed by atoms with E-state index in [9.17, 15) is 35.5 Å². The zero-order valence-electron chi connectivity index (χ0n) is 20.1. The first kappa shape index (κ1) is 27.4. The Kier molecular flexibility index (Phi) is 7.09. The summed E-state index contributed by atoms with van der Waals surface area (Å²) in [6.07, 6.45) is -10.3. The molecule has 1 aliphatic carbocycles. The molecule has 0 spiro atoms. The van der Waals surface area contributed by atoms with Gasteiger partial charge in [0.15, 0.2) is 0 Å². The number of carbonyl (C=O) groups is 1. The molecule has 4 nitrogen and oxygen atoms in total. The number of hydrogen-bond acceptors (Lipinski definition) is 3. The summed E-state index contributed by atoms with van der Waals surface area (Å²) in [5, 5.41) is 2.91. The third kappa shape index (κ3) is 5.77. The molecule has 1 aliphatic heterocycles. The lowest BCUT2D eigenvalue weighted by Crippen LogP contribution is -2.43. The molecule has 202 valence electrons. The minimum atomic E-state index is -4.97. The third-order valence-electron chi connectivity index (χ3n) is 7.36. The fourth-order valence-electron chi connectivity index (χ4n) is 5.49. The Balaban J connectivity index is 1.65. The summed E-state index contributed by atoms with van der Waals surface area (Å²) < 4.78 is 99.9. The molecule has 1 saturated carbocycles. The molecule has 1 heterocycles. The number of nitrogens with one attached hydrogen (secondary N) is 1. The van der Waals surface area contributed by atoms with Gasteiger partial charge in [-0.15, -0.1) is 0 Å². The van der Waals surface area contributed by atoms with Crippen LogP contribution < -0.4 is 11.1 Å². The van der Waals surface area contributed by atoms with E-state index in [2.05, 4.69) is 5.32 Å². The summed E-state index contributed by atoms with van der Waals surface area (Å²) in [6, 6.07) is 6.78. The molecule has 37 heavy (non-hydrogen) atoms. The number of ether oxygens (including phenoxy) is 1. The van der Waals surface area contributed by atoms with Gasteiger partial charge in [0, 0.05) is 12.0 Å². The summed E-state index contributed by atoms with van der Waals surface area (Å²) in [7, 11) is 0. The molecule has 4 rings (SSSR count). The molecule has 1 saturated heterocycles. The first-order chi connectivity index (χ1) is 17.1. The van der Waals surface area contributed by atoms with Crippen molar-refractivity contribution in [2.24, 2.45) is 11.7 Å². The quantitative estimate of drug-likeness (QED) is 0.457. The fraction of sp³-hybridized carbons (Fsp3) is 0.500. The van der Waals surface area contributed by atoms with Crippen molar-refractivity contribution >= 4 is 5.91 Å². The molecule has 2 aromatic carbocycles. The Morgan fingerprint density at radius 1 is 1.00 bits per heavy atom. The number of nitrogens with two attached hydrogens (primary N) is 1. The minimum Gasteiger partial charge on any atom is -0.370 e. The highest BCUT2D eigenvalue weighted by atomic mass is 19.4. The summed E-state index contributed by atoms with van der Waals surface area (Å²) in [4.78, 5) is 12.3. The Bertz CT molecular complexity index is 1110. The predicted molar refractivity (Wildman–Crippen MR) is 121 cm³/mol. The van der Waals surface area contributed by atoms with Crippen LogP contribution in [0.1, 0.15) is 67.4 Å². The van der Waals surface area contributed by atoms with E-state index in [4.69, 9.17) is 10.5 Å². The van der Waals surface area contributed by atoms with E-state index in [0.29, 0.717) is 37.0 Å². The van der Waals surface area contributed by atoms with Crippen LogP contribution in [0.5, 0.6) is 0 Å². The fourth-order valence-corrected chi connectivity index (χ4v) is 5.49. The highest BCUT2D eigenvalue weighted by Crippen LogP contribution is 2.47. The van der Waals surface area contributed by atoms with Gasteiger partial charge in [-0.1, -0.05) is 12.1 Å². The monoisotopic (exact) mass is 532 g/mol. The van der Waals surface area contributed by atoms with Crippen molar-refractivity contribution in [1.29, 1.82) is 0 Å². The van der Waals surface area contributed by atoms with Crippen molar-refractivity contribution in [3.8, 4) is 0 Å². The molecule has 2 aromatic rings. The lowest BCUT2D eigenvalue weighted by atomic mass is 9.81. The predicted octanol–water partition coefficient (Wildman–Crippen LogP) is 6.11. The van der Waals surface area contributed by atoms with Gasteiger partial charge in [-0.2, -0.15) is 26.3 Å². The van der Waals surface area contributed by atoms with Crippen molar-refractivity contribution < 1.29 is 40.3 Å². The number of benzene rings is 2. The minimum absolute atomic E-state index is 0.0791. The van der Waals surface area contributed by atoms with Crippen LogP contribution in [0.25, 0.3) is 0 Å². The number of amides is 1. The van der Waals surface area contributed by atoms with E-state index >= 15 is 0 Å². The lowest BCUT2D eigenvalue weighted by molar-refractivity contribution is -0.143. The lowest BCUT2D eigenvalue weighted by Gasteiger charge is -2.31. The van der Waals surface area contributed by atoms with E-state index in [1.807, 2.05) is 0 Å². The van der Waals surface area contributed by atoms with Crippen LogP contribution in [-0.4, -0.2) is 23.6 Å². The molecule has 0 radical (unpaired) electrons. The van der Waals surface area contributed by atoms with Crippen LogP contribution in [0.4, 0.5) is 30.7 Å². The van der Waals surface area contributed by atoms with Gasteiger partial charge >= 0.3 is 12.4 Å².